The largest absolute Gasteiger partial charge is 0.459 e. The topological polar surface area (TPSA) is 26.3 Å². The van der Waals surface area contributed by atoms with Crippen LogP contribution in [0.3, 0.4) is 0 Å². The smallest absolute Gasteiger partial charge is 0.331 e. The van der Waals surface area contributed by atoms with Gasteiger partial charge in [-0.05, 0) is 18.6 Å². The molecule has 0 saturated carbocycles. The Morgan fingerprint density at radius 3 is 2.75 bits per heavy atom. The standard InChI is InChI=1S/C14H16O2/c1-3-7-12(2)16-14(15)11-10-13-8-5-4-6-9-13/h3-6,8-12H,1,7H2,2H3/b11-10+. The highest BCUT2D eigenvalue weighted by Crippen LogP contribution is 2.03. The minimum Gasteiger partial charge on any atom is -0.459 e. The van der Waals surface area contributed by atoms with Crippen LogP contribution in [-0.2, 0) is 9.53 Å². The molecule has 0 aromatic heterocycles. The first-order valence-electron chi connectivity index (χ1n) is 5.27. The summed E-state index contributed by atoms with van der Waals surface area (Å²) in [5, 5.41) is 0. The fourth-order valence-corrected chi connectivity index (χ4v) is 1.25. The minimum absolute atomic E-state index is 0.120. The lowest BCUT2D eigenvalue weighted by Gasteiger charge is -2.08. The maximum absolute atomic E-state index is 11.4. The van der Waals surface area contributed by atoms with Crippen LogP contribution in [0.2, 0.25) is 0 Å². The maximum atomic E-state index is 11.4. The molecule has 0 bridgehead atoms. The number of hydrogen-bond donors (Lipinski definition) is 0. The average molecular weight is 216 g/mol. The van der Waals surface area contributed by atoms with E-state index in [0.29, 0.717) is 6.42 Å². The zero-order chi connectivity index (χ0) is 11.8. The summed E-state index contributed by atoms with van der Waals surface area (Å²) in [5.74, 6) is -0.321. The molecule has 16 heavy (non-hydrogen) atoms. The summed E-state index contributed by atoms with van der Waals surface area (Å²) < 4.78 is 5.12. The molecule has 0 radical (unpaired) electrons. The van der Waals surface area contributed by atoms with E-state index in [-0.39, 0.29) is 12.1 Å². The van der Waals surface area contributed by atoms with E-state index in [4.69, 9.17) is 4.74 Å². The number of carbonyl (C=O) groups excluding carboxylic acids is 1. The van der Waals surface area contributed by atoms with E-state index in [1.165, 1.54) is 6.08 Å². The first-order chi connectivity index (χ1) is 7.72. The van der Waals surface area contributed by atoms with Crippen LogP contribution in [0.25, 0.3) is 6.08 Å². The summed E-state index contributed by atoms with van der Waals surface area (Å²) in [5.41, 5.74) is 0.982. The molecule has 1 atom stereocenters. The van der Waals surface area contributed by atoms with Gasteiger partial charge in [-0.25, -0.2) is 4.79 Å². The minimum atomic E-state index is -0.321. The Labute approximate surface area is 96.2 Å². The molecule has 1 unspecified atom stereocenters. The van der Waals surface area contributed by atoms with Gasteiger partial charge in [0.15, 0.2) is 0 Å². The summed E-state index contributed by atoms with van der Waals surface area (Å²) in [6.07, 6.45) is 5.47. The van der Waals surface area contributed by atoms with Crippen LogP contribution in [0.1, 0.15) is 18.9 Å². The molecular formula is C14H16O2. The van der Waals surface area contributed by atoms with Crippen molar-refractivity contribution in [1.29, 1.82) is 0 Å². The van der Waals surface area contributed by atoms with E-state index >= 15 is 0 Å². The maximum Gasteiger partial charge on any atom is 0.331 e. The fraction of sp³-hybridized carbons (Fsp3) is 0.214. The van der Waals surface area contributed by atoms with Gasteiger partial charge in [-0.3, -0.25) is 0 Å². The van der Waals surface area contributed by atoms with Crippen LogP contribution >= 0.6 is 0 Å². The lowest BCUT2D eigenvalue weighted by atomic mass is 10.2. The summed E-state index contributed by atoms with van der Waals surface area (Å²) >= 11 is 0. The van der Waals surface area contributed by atoms with Gasteiger partial charge >= 0.3 is 5.97 Å². The number of hydrogen-bond acceptors (Lipinski definition) is 2. The molecular weight excluding hydrogens is 200 g/mol. The Balaban J connectivity index is 2.45. The van der Waals surface area contributed by atoms with Crippen molar-refractivity contribution in [1.82, 2.24) is 0 Å². The van der Waals surface area contributed by atoms with Crippen LogP contribution in [0.15, 0.2) is 49.1 Å². The molecule has 2 nitrogen and oxygen atoms in total. The lowest BCUT2D eigenvalue weighted by molar-refractivity contribution is -0.141. The molecule has 84 valence electrons. The number of esters is 1. The van der Waals surface area contributed by atoms with Crippen molar-refractivity contribution in [2.24, 2.45) is 0 Å². The van der Waals surface area contributed by atoms with E-state index in [0.717, 1.165) is 5.56 Å². The summed E-state index contributed by atoms with van der Waals surface area (Å²) in [6, 6.07) is 9.63. The van der Waals surface area contributed by atoms with Gasteiger partial charge in [-0.1, -0.05) is 36.4 Å². The van der Waals surface area contributed by atoms with Gasteiger partial charge in [0.05, 0.1) is 0 Å². The van der Waals surface area contributed by atoms with E-state index in [1.54, 1.807) is 12.2 Å². The van der Waals surface area contributed by atoms with E-state index in [9.17, 15) is 4.79 Å². The summed E-state index contributed by atoms with van der Waals surface area (Å²) in [4.78, 5) is 11.4. The van der Waals surface area contributed by atoms with Crippen molar-refractivity contribution < 1.29 is 9.53 Å². The number of carbonyl (C=O) groups is 1. The Morgan fingerprint density at radius 1 is 1.44 bits per heavy atom. The number of rotatable bonds is 5. The molecule has 0 spiro atoms. The molecule has 0 heterocycles. The second-order valence-electron chi connectivity index (χ2n) is 3.52. The molecule has 0 aliphatic carbocycles. The third kappa shape index (κ3) is 4.60. The van der Waals surface area contributed by atoms with Crippen molar-refractivity contribution in [3.63, 3.8) is 0 Å². The molecule has 1 aromatic carbocycles. The van der Waals surface area contributed by atoms with Crippen LogP contribution in [0.5, 0.6) is 0 Å². The molecule has 0 amide bonds. The summed E-state index contributed by atoms with van der Waals surface area (Å²) in [6.45, 7) is 5.44. The first-order valence-corrected chi connectivity index (χ1v) is 5.27. The Hall–Kier alpha value is -1.83. The number of benzene rings is 1. The zero-order valence-corrected chi connectivity index (χ0v) is 9.43. The predicted octanol–water partition coefficient (Wildman–Crippen LogP) is 3.21. The molecule has 2 heteroatoms. The molecule has 0 aliphatic rings. The predicted molar refractivity (Wildman–Crippen MR) is 65.8 cm³/mol. The SMILES string of the molecule is C=CCC(C)OC(=O)/C=C/c1ccccc1. The third-order valence-electron chi connectivity index (χ3n) is 2.03. The van der Waals surface area contributed by atoms with E-state index in [1.807, 2.05) is 37.3 Å². The number of ether oxygens (including phenoxy) is 1. The van der Waals surface area contributed by atoms with Gasteiger partial charge in [0, 0.05) is 12.5 Å². The molecule has 0 fully saturated rings. The van der Waals surface area contributed by atoms with E-state index in [2.05, 4.69) is 6.58 Å². The molecule has 1 aromatic rings. The summed E-state index contributed by atoms with van der Waals surface area (Å²) in [7, 11) is 0. The second-order valence-corrected chi connectivity index (χ2v) is 3.52. The highest BCUT2D eigenvalue weighted by Gasteiger charge is 2.03. The van der Waals surface area contributed by atoms with Crippen molar-refractivity contribution in [3.05, 3.63) is 54.6 Å². The van der Waals surface area contributed by atoms with Crippen molar-refractivity contribution in [2.75, 3.05) is 0 Å². The molecule has 1 rings (SSSR count). The van der Waals surface area contributed by atoms with Crippen LogP contribution in [0.4, 0.5) is 0 Å². The van der Waals surface area contributed by atoms with E-state index < -0.39 is 0 Å². The van der Waals surface area contributed by atoms with Gasteiger partial charge in [-0.15, -0.1) is 6.58 Å². The van der Waals surface area contributed by atoms with Crippen LogP contribution in [-0.4, -0.2) is 12.1 Å². The lowest BCUT2D eigenvalue weighted by Crippen LogP contribution is -2.11. The average Bonchev–Trinajstić information content (AvgIpc) is 2.28. The van der Waals surface area contributed by atoms with Crippen LogP contribution in [0, 0.1) is 0 Å². The van der Waals surface area contributed by atoms with Gasteiger partial charge in [0.2, 0.25) is 0 Å². The molecule has 0 saturated heterocycles. The normalized spacial score (nSPS) is 12.3. The Kier molecular flexibility index (Phi) is 5.06. The van der Waals surface area contributed by atoms with Gasteiger partial charge in [-0.2, -0.15) is 0 Å². The fourth-order valence-electron chi connectivity index (χ4n) is 1.25. The highest BCUT2D eigenvalue weighted by atomic mass is 16.5. The Morgan fingerprint density at radius 2 is 2.12 bits per heavy atom. The highest BCUT2D eigenvalue weighted by molar-refractivity contribution is 5.87. The van der Waals surface area contributed by atoms with Gasteiger partial charge in [0.25, 0.3) is 0 Å². The van der Waals surface area contributed by atoms with Crippen molar-refractivity contribution in [2.45, 2.75) is 19.4 Å². The third-order valence-corrected chi connectivity index (χ3v) is 2.03. The van der Waals surface area contributed by atoms with Crippen LogP contribution < -0.4 is 0 Å². The van der Waals surface area contributed by atoms with Gasteiger partial charge < -0.3 is 4.74 Å². The quantitative estimate of drug-likeness (QED) is 0.429. The van der Waals surface area contributed by atoms with Crippen molar-refractivity contribution >= 4 is 12.0 Å². The second kappa shape index (κ2) is 6.62. The Bertz CT molecular complexity index is 366. The zero-order valence-electron chi connectivity index (χ0n) is 9.43. The van der Waals surface area contributed by atoms with Gasteiger partial charge in [0.1, 0.15) is 6.10 Å². The molecule has 0 aliphatic heterocycles. The molecule has 0 N–H and O–H groups in total. The monoisotopic (exact) mass is 216 g/mol. The first kappa shape index (κ1) is 12.2. The van der Waals surface area contributed by atoms with Crippen molar-refractivity contribution in [3.8, 4) is 0 Å².